The molecular weight excluding hydrogens is 715 g/mol. The molecule has 0 spiro atoms. The van der Waals surface area contributed by atoms with Gasteiger partial charge in [-0.15, -0.1) is 0 Å². The van der Waals surface area contributed by atoms with E-state index in [9.17, 15) is 0 Å². The van der Waals surface area contributed by atoms with Gasteiger partial charge in [0.25, 0.3) is 0 Å². The van der Waals surface area contributed by atoms with Crippen LogP contribution in [0, 0.1) is 0 Å². The topological polar surface area (TPSA) is 16.4 Å². The van der Waals surface area contributed by atoms with Crippen molar-refractivity contribution in [3.8, 4) is 33.4 Å². The Morgan fingerprint density at radius 1 is 0.373 bits per heavy atom. The Kier molecular flexibility index (Phi) is 7.31. The molecule has 1 heterocycles. The smallest absolute Gasteiger partial charge is 0.143 e. The quantitative estimate of drug-likeness (QED) is 0.163. The summed E-state index contributed by atoms with van der Waals surface area (Å²) in [5.41, 5.74) is 15.0. The number of anilines is 3. The van der Waals surface area contributed by atoms with Crippen LogP contribution in [0.5, 0.6) is 0 Å². The molecule has 11 aromatic rings. The van der Waals surface area contributed by atoms with Crippen LogP contribution in [0.4, 0.5) is 17.1 Å². The van der Waals surface area contributed by atoms with E-state index in [1.54, 1.807) is 0 Å². The summed E-state index contributed by atoms with van der Waals surface area (Å²) in [7, 11) is 0. The van der Waals surface area contributed by atoms with Gasteiger partial charge in [-0.3, -0.25) is 0 Å². The van der Waals surface area contributed by atoms with Gasteiger partial charge >= 0.3 is 0 Å². The zero-order valence-corrected chi connectivity index (χ0v) is 32.9. The minimum atomic E-state index is -0.125. The van der Waals surface area contributed by atoms with Crippen LogP contribution < -0.4 is 4.90 Å². The third-order valence-corrected chi connectivity index (χ3v) is 12.8. The van der Waals surface area contributed by atoms with Crippen LogP contribution in [0.15, 0.2) is 205 Å². The van der Waals surface area contributed by atoms with Crippen molar-refractivity contribution in [3.63, 3.8) is 0 Å². The van der Waals surface area contributed by atoms with E-state index in [4.69, 9.17) is 4.42 Å². The standard InChI is InChI=1S/C57H39NO/c1-57(2)52-23-13-12-22-47(52)48-30-28-42(35-53(48)57)58(40-26-24-37(25-27-40)36-14-4-3-5-15-36)41-29-31-54-49(34-41)51-33-39-17-7-9-19-44(39)55(56(51)59-54)50-32-38-16-6-8-18-43(38)45-20-10-11-21-46(45)50/h3-35H,1-2H3. The van der Waals surface area contributed by atoms with E-state index >= 15 is 0 Å². The van der Waals surface area contributed by atoms with Gasteiger partial charge in [-0.05, 0) is 126 Å². The lowest BCUT2D eigenvalue weighted by Gasteiger charge is -2.28. The lowest BCUT2D eigenvalue weighted by molar-refractivity contribution is 0.660. The fourth-order valence-corrected chi connectivity index (χ4v) is 9.94. The average Bonchev–Trinajstić information content (AvgIpc) is 3.76. The fraction of sp³-hybridized carbons (Fsp3) is 0.0526. The van der Waals surface area contributed by atoms with Crippen molar-refractivity contribution in [1.29, 1.82) is 0 Å². The van der Waals surface area contributed by atoms with Gasteiger partial charge in [-0.25, -0.2) is 0 Å². The van der Waals surface area contributed by atoms with Gasteiger partial charge < -0.3 is 9.32 Å². The third-order valence-electron chi connectivity index (χ3n) is 12.8. The first-order valence-corrected chi connectivity index (χ1v) is 20.5. The molecule has 0 fully saturated rings. The SMILES string of the molecule is CC1(C)c2ccccc2-c2ccc(N(c3ccc(-c4ccccc4)cc3)c3ccc4oc5c(-c6cc7ccccc7c7ccccc67)c6ccccc6cc5c4c3)cc21. The molecule has 1 aromatic heterocycles. The van der Waals surface area contributed by atoms with Crippen molar-refractivity contribution >= 4 is 71.3 Å². The van der Waals surface area contributed by atoms with E-state index in [1.165, 1.54) is 71.3 Å². The van der Waals surface area contributed by atoms with Crippen LogP contribution in [0.25, 0.3) is 87.6 Å². The average molecular weight is 754 g/mol. The van der Waals surface area contributed by atoms with Gasteiger partial charge in [0.15, 0.2) is 0 Å². The van der Waals surface area contributed by atoms with Gasteiger partial charge in [0.05, 0.1) is 0 Å². The van der Waals surface area contributed by atoms with Crippen LogP contribution in [0.1, 0.15) is 25.0 Å². The highest BCUT2D eigenvalue weighted by Gasteiger charge is 2.36. The summed E-state index contributed by atoms with van der Waals surface area (Å²) in [5, 5.41) is 9.51. The molecule has 0 N–H and O–H groups in total. The van der Waals surface area contributed by atoms with Gasteiger partial charge in [0, 0.05) is 38.8 Å². The second kappa shape index (κ2) is 12.8. The summed E-state index contributed by atoms with van der Waals surface area (Å²) in [6, 6.07) is 73.1. The highest BCUT2D eigenvalue weighted by atomic mass is 16.3. The number of fused-ring (bicyclic) bond motifs is 10. The summed E-state index contributed by atoms with van der Waals surface area (Å²) >= 11 is 0. The summed E-state index contributed by atoms with van der Waals surface area (Å²) < 4.78 is 7.02. The molecule has 2 nitrogen and oxygen atoms in total. The van der Waals surface area contributed by atoms with Crippen molar-refractivity contribution in [3.05, 3.63) is 211 Å². The van der Waals surface area contributed by atoms with Gasteiger partial charge in [-0.1, -0.05) is 159 Å². The summed E-state index contributed by atoms with van der Waals surface area (Å²) in [5.74, 6) is 0. The highest BCUT2D eigenvalue weighted by Crippen LogP contribution is 2.51. The van der Waals surface area contributed by atoms with E-state index < -0.39 is 0 Å². The Hall–Kier alpha value is -7.42. The second-order valence-electron chi connectivity index (χ2n) is 16.5. The minimum Gasteiger partial charge on any atom is -0.455 e. The molecular formula is C57H39NO. The molecule has 1 aliphatic carbocycles. The Balaban J connectivity index is 1.09. The molecule has 0 saturated carbocycles. The first-order valence-electron chi connectivity index (χ1n) is 20.5. The predicted octanol–water partition coefficient (Wildman–Crippen LogP) is 16.2. The van der Waals surface area contributed by atoms with E-state index in [1.807, 2.05) is 0 Å². The Labute approximate surface area is 343 Å². The fourth-order valence-electron chi connectivity index (χ4n) is 9.94. The first-order chi connectivity index (χ1) is 29.0. The monoisotopic (exact) mass is 753 g/mol. The van der Waals surface area contributed by atoms with Crippen LogP contribution in [-0.4, -0.2) is 0 Å². The molecule has 12 rings (SSSR count). The van der Waals surface area contributed by atoms with Crippen LogP contribution in [0.3, 0.4) is 0 Å². The molecule has 0 amide bonds. The van der Waals surface area contributed by atoms with Crippen LogP contribution in [-0.2, 0) is 5.41 Å². The summed E-state index contributed by atoms with van der Waals surface area (Å²) in [6.45, 7) is 4.70. The lowest BCUT2D eigenvalue weighted by atomic mass is 9.82. The Morgan fingerprint density at radius 2 is 0.966 bits per heavy atom. The number of rotatable bonds is 5. The maximum absolute atomic E-state index is 7.02. The molecule has 0 radical (unpaired) electrons. The van der Waals surface area contributed by atoms with Gasteiger partial charge in [0.1, 0.15) is 11.2 Å². The normalized spacial score (nSPS) is 13.1. The number of furan rings is 1. The van der Waals surface area contributed by atoms with Gasteiger partial charge in [-0.2, -0.15) is 0 Å². The van der Waals surface area contributed by atoms with Gasteiger partial charge in [0.2, 0.25) is 0 Å². The Bertz CT molecular complexity index is 3460. The minimum absolute atomic E-state index is 0.125. The molecule has 0 bridgehead atoms. The molecule has 0 atom stereocenters. The molecule has 2 heteroatoms. The summed E-state index contributed by atoms with van der Waals surface area (Å²) in [4.78, 5) is 2.41. The molecule has 59 heavy (non-hydrogen) atoms. The predicted molar refractivity (Wildman–Crippen MR) is 249 cm³/mol. The second-order valence-corrected chi connectivity index (χ2v) is 16.5. The third kappa shape index (κ3) is 5.13. The number of hydrogen-bond acceptors (Lipinski definition) is 2. The number of hydrogen-bond donors (Lipinski definition) is 0. The van der Waals surface area contributed by atoms with E-state index in [-0.39, 0.29) is 5.41 Å². The molecule has 278 valence electrons. The largest absolute Gasteiger partial charge is 0.455 e. The zero-order chi connectivity index (χ0) is 39.2. The molecule has 0 unspecified atom stereocenters. The maximum atomic E-state index is 7.02. The van der Waals surface area contributed by atoms with Crippen molar-refractivity contribution < 1.29 is 4.42 Å². The number of nitrogens with zero attached hydrogens (tertiary/aromatic N) is 1. The Morgan fingerprint density at radius 3 is 1.78 bits per heavy atom. The molecule has 0 saturated heterocycles. The van der Waals surface area contributed by atoms with E-state index in [0.29, 0.717) is 0 Å². The molecule has 1 aliphatic rings. The first kappa shape index (κ1) is 33.7. The van der Waals surface area contributed by atoms with Crippen molar-refractivity contribution in [1.82, 2.24) is 0 Å². The van der Waals surface area contributed by atoms with Crippen molar-refractivity contribution in [2.24, 2.45) is 0 Å². The maximum Gasteiger partial charge on any atom is 0.143 e. The van der Waals surface area contributed by atoms with E-state index in [2.05, 4.69) is 219 Å². The number of benzene rings is 10. The highest BCUT2D eigenvalue weighted by molar-refractivity contribution is 6.24. The van der Waals surface area contributed by atoms with Crippen LogP contribution in [0.2, 0.25) is 0 Å². The van der Waals surface area contributed by atoms with Crippen molar-refractivity contribution in [2.45, 2.75) is 19.3 Å². The zero-order valence-electron chi connectivity index (χ0n) is 32.9. The molecule has 0 aliphatic heterocycles. The van der Waals surface area contributed by atoms with E-state index in [0.717, 1.165) is 44.6 Å². The lowest BCUT2D eigenvalue weighted by Crippen LogP contribution is -2.16. The van der Waals surface area contributed by atoms with Crippen molar-refractivity contribution in [2.75, 3.05) is 4.90 Å². The summed E-state index contributed by atoms with van der Waals surface area (Å²) in [6.07, 6.45) is 0. The molecule has 10 aromatic carbocycles. The van der Waals surface area contributed by atoms with Crippen LogP contribution >= 0.6 is 0 Å².